The monoisotopic (exact) mass is 638 g/mol. The summed E-state index contributed by atoms with van der Waals surface area (Å²) in [6, 6.07) is 1.28. The van der Waals surface area contributed by atoms with Gasteiger partial charge in [0.25, 0.3) is 0 Å². The molecule has 0 saturated heterocycles. The molecule has 0 aromatic heterocycles. The van der Waals surface area contributed by atoms with E-state index < -0.39 is 0 Å². The number of hydrogen-bond donors (Lipinski definition) is 1. The third-order valence-electron chi connectivity index (χ3n) is 1.72. The van der Waals surface area contributed by atoms with Crippen molar-refractivity contribution in [3.05, 3.63) is 32.9 Å². The largest absolute Gasteiger partial charge is 0.507 e. The minimum Gasteiger partial charge on any atom is -0.507 e. The zero-order valence-corrected chi connectivity index (χ0v) is 21.3. The van der Waals surface area contributed by atoms with Crippen LogP contribution in [0.1, 0.15) is 54.9 Å². The van der Waals surface area contributed by atoms with Crippen LogP contribution in [0, 0.1) is 26.3 Å². The van der Waals surface area contributed by atoms with Gasteiger partial charge >= 0.3 is 0 Å². The van der Waals surface area contributed by atoms with Crippen LogP contribution in [0.4, 0.5) is 0 Å². The average Bonchev–Trinajstić information content (AvgIpc) is 2.28. The first-order valence-corrected chi connectivity index (χ1v) is 6.93. The Balaban J connectivity index is -0.0000000400. The standard InChI is InChI=1S/C8H17N.C3H9N.C3H7.C3H5.2W/c1-6-8(4)9(5)7(2)3;1-3(2)4;2*1-3-2;;/h7-8H,1,4,6H2,2-3,5H3;3H,4H2,1-2H3;3H,1-2H3;1H2,2H3;;/q-2;;2*-1;;. The van der Waals surface area contributed by atoms with Crippen molar-refractivity contribution in [1.82, 2.24) is 4.90 Å². The normalized spacial score (nSPS) is 9.62. The molecule has 0 aromatic rings. The molecule has 4 heteroatoms. The van der Waals surface area contributed by atoms with Crippen LogP contribution in [0.25, 0.3) is 0 Å². The van der Waals surface area contributed by atoms with Gasteiger partial charge in [0.05, 0.1) is 0 Å². The maximum atomic E-state index is 5.11. The minimum atomic E-state index is 0. The van der Waals surface area contributed by atoms with Gasteiger partial charge in [-0.15, -0.1) is 6.04 Å². The Morgan fingerprint density at radius 2 is 1.38 bits per heavy atom. The minimum absolute atomic E-state index is 0. The van der Waals surface area contributed by atoms with Crippen LogP contribution in [0.3, 0.4) is 0 Å². The zero-order chi connectivity index (χ0) is 16.4. The van der Waals surface area contributed by atoms with Crippen molar-refractivity contribution in [2.75, 3.05) is 7.05 Å². The molecule has 0 amide bonds. The van der Waals surface area contributed by atoms with Gasteiger partial charge in [-0.2, -0.15) is 27.2 Å². The number of nitrogens with two attached hydrogens (primary N) is 1. The molecular weight excluding hydrogens is 600 g/mol. The molecule has 21 heavy (non-hydrogen) atoms. The van der Waals surface area contributed by atoms with E-state index in [1.54, 1.807) is 6.92 Å². The molecule has 0 aliphatic carbocycles. The maximum Gasteiger partial charge on any atom is 0.000884 e. The molecule has 0 fully saturated rings. The fraction of sp³-hybridized carbons (Fsp3) is 0.706. The SMILES string of the molecule is C=[C-]C.CC(C)N.C[CH-]C.[CH2-]CC([CH2-])N(C)C(C)C.[W].[W]. The van der Waals surface area contributed by atoms with Crippen molar-refractivity contribution in [3.63, 3.8) is 0 Å². The molecule has 2 N–H and O–H groups in total. The van der Waals surface area contributed by atoms with Crippen molar-refractivity contribution in [1.29, 1.82) is 0 Å². The van der Waals surface area contributed by atoms with E-state index in [1.807, 2.05) is 34.1 Å². The summed E-state index contributed by atoms with van der Waals surface area (Å²) < 4.78 is 0. The Bertz CT molecular complexity index is 149. The van der Waals surface area contributed by atoms with E-state index in [0.29, 0.717) is 18.1 Å². The summed E-state index contributed by atoms with van der Waals surface area (Å²) in [5.41, 5.74) is 5.11. The first kappa shape index (κ1) is 37.9. The molecule has 0 rings (SSSR count). The average molecular weight is 638 g/mol. The smallest absolute Gasteiger partial charge is 0.000884 e. The van der Waals surface area contributed by atoms with Crippen LogP contribution in [-0.2, 0) is 42.1 Å². The molecule has 0 radical (unpaired) electrons. The summed E-state index contributed by atoms with van der Waals surface area (Å²) in [6.45, 7) is 24.9. The Morgan fingerprint density at radius 1 is 1.19 bits per heavy atom. The molecule has 0 saturated carbocycles. The quantitative estimate of drug-likeness (QED) is 0.467. The number of nitrogens with zero attached hydrogens (tertiary/aromatic N) is 1. The molecule has 2 nitrogen and oxygen atoms in total. The van der Waals surface area contributed by atoms with E-state index in [1.165, 1.54) is 0 Å². The second-order valence-electron chi connectivity index (χ2n) is 4.88. The fourth-order valence-corrected chi connectivity index (χ4v) is 0.625. The van der Waals surface area contributed by atoms with Crippen LogP contribution in [-0.4, -0.2) is 30.1 Å². The van der Waals surface area contributed by atoms with Crippen molar-refractivity contribution < 1.29 is 42.1 Å². The number of rotatable bonds is 3. The van der Waals surface area contributed by atoms with Crippen LogP contribution < -0.4 is 5.73 Å². The van der Waals surface area contributed by atoms with Crippen molar-refractivity contribution in [3.8, 4) is 0 Å². The topological polar surface area (TPSA) is 29.3 Å². The van der Waals surface area contributed by atoms with Gasteiger partial charge < -0.3 is 37.0 Å². The van der Waals surface area contributed by atoms with Crippen molar-refractivity contribution in [2.24, 2.45) is 5.73 Å². The van der Waals surface area contributed by atoms with Crippen LogP contribution in [0.2, 0.25) is 0 Å². The van der Waals surface area contributed by atoms with Crippen molar-refractivity contribution in [2.45, 2.75) is 73.0 Å². The van der Waals surface area contributed by atoms with Gasteiger partial charge in [0, 0.05) is 48.2 Å². The molecule has 0 spiro atoms. The van der Waals surface area contributed by atoms with Crippen LogP contribution in [0.5, 0.6) is 0 Å². The van der Waals surface area contributed by atoms with E-state index in [-0.39, 0.29) is 42.1 Å². The number of allylic oxidation sites excluding steroid dienone is 1. The summed E-state index contributed by atoms with van der Waals surface area (Å²) in [7, 11) is 2.08. The predicted molar refractivity (Wildman–Crippen MR) is 91.5 cm³/mol. The van der Waals surface area contributed by atoms with Gasteiger partial charge in [-0.1, -0.05) is 13.8 Å². The summed E-state index contributed by atoms with van der Waals surface area (Å²) in [6.07, 6.45) is 5.38. The Morgan fingerprint density at radius 3 is 1.43 bits per heavy atom. The maximum absolute atomic E-state index is 5.11. The molecule has 0 heterocycles. The van der Waals surface area contributed by atoms with Crippen LogP contribution in [0.15, 0.2) is 6.58 Å². The molecule has 0 aliphatic heterocycles. The van der Waals surface area contributed by atoms with Crippen molar-refractivity contribution >= 4 is 0 Å². The predicted octanol–water partition coefficient (Wildman–Crippen LogP) is 4.33. The third kappa shape index (κ3) is 62.6. The van der Waals surface area contributed by atoms with Gasteiger partial charge in [-0.25, -0.2) is 0 Å². The molecule has 0 bridgehead atoms. The molecule has 0 aliphatic rings. The van der Waals surface area contributed by atoms with E-state index in [4.69, 9.17) is 5.73 Å². The van der Waals surface area contributed by atoms with E-state index >= 15 is 0 Å². The summed E-state index contributed by atoms with van der Waals surface area (Å²) in [4.78, 5) is 2.22. The summed E-state index contributed by atoms with van der Waals surface area (Å²) in [5, 5.41) is 0. The van der Waals surface area contributed by atoms with Gasteiger partial charge in [-0.3, -0.25) is 6.58 Å². The molecule has 132 valence electrons. The Kier molecular flexibility index (Phi) is 59.3. The first-order valence-electron chi connectivity index (χ1n) is 6.93. The Labute approximate surface area is 165 Å². The van der Waals surface area contributed by atoms with E-state index in [2.05, 4.69) is 52.3 Å². The summed E-state index contributed by atoms with van der Waals surface area (Å²) in [5.74, 6) is 0. The van der Waals surface area contributed by atoms with E-state index in [9.17, 15) is 0 Å². The molecule has 1 unspecified atom stereocenters. The first-order chi connectivity index (χ1) is 8.65. The second-order valence-corrected chi connectivity index (χ2v) is 4.88. The summed E-state index contributed by atoms with van der Waals surface area (Å²) >= 11 is 0. The molecular formula is C17H38N2W2-4. The molecule has 0 aromatic carbocycles. The van der Waals surface area contributed by atoms with E-state index in [0.717, 1.165) is 6.42 Å². The third-order valence-corrected chi connectivity index (χ3v) is 1.72. The van der Waals surface area contributed by atoms with Gasteiger partial charge in [-0.05, 0) is 26.9 Å². The number of hydrogen-bond acceptors (Lipinski definition) is 2. The fourth-order valence-electron chi connectivity index (χ4n) is 0.625. The van der Waals surface area contributed by atoms with Crippen LogP contribution >= 0.6 is 0 Å². The Hall–Kier alpha value is 1.04. The van der Waals surface area contributed by atoms with Gasteiger partial charge in [0.15, 0.2) is 0 Å². The molecule has 1 atom stereocenters. The van der Waals surface area contributed by atoms with Gasteiger partial charge in [0.2, 0.25) is 0 Å². The zero-order valence-electron chi connectivity index (χ0n) is 15.5. The van der Waals surface area contributed by atoms with Gasteiger partial charge in [0.1, 0.15) is 0 Å². The second kappa shape index (κ2) is 32.8.